The molecule has 0 aliphatic carbocycles. The number of para-hydroxylation sites is 2. The lowest BCUT2D eigenvalue weighted by atomic mass is 10.2. The Morgan fingerprint density at radius 3 is 2.08 bits per heavy atom. The number of carbonyl (C=O) groups excluding carboxylic acids is 1. The van der Waals surface area contributed by atoms with Gasteiger partial charge in [-0.2, -0.15) is 0 Å². The van der Waals surface area contributed by atoms with Gasteiger partial charge in [-0.3, -0.25) is 4.90 Å². The fourth-order valence-corrected chi connectivity index (χ4v) is 2.78. The van der Waals surface area contributed by atoms with E-state index in [1.165, 1.54) is 0 Å². The number of rotatable bonds is 4. The summed E-state index contributed by atoms with van der Waals surface area (Å²) in [5, 5.41) is 2.97. The lowest BCUT2D eigenvalue weighted by Crippen LogP contribution is -2.34. The molecular formula is C20H17BrN2O. The van der Waals surface area contributed by atoms with E-state index in [9.17, 15) is 4.79 Å². The number of amides is 2. The minimum Gasteiger partial charge on any atom is -0.306 e. The van der Waals surface area contributed by atoms with Crippen LogP contribution in [0.1, 0.15) is 5.56 Å². The van der Waals surface area contributed by atoms with Crippen LogP contribution in [-0.2, 0) is 6.54 Å². The third-order valence-corrected chi connectivity index (χ3v) is 4.30. The summed E-state index contributed by atoms with van der Waals surface area (Å²) < 4.78 is 0.853. The van der Waals surface area contributed by atoms with Crippen LogP contribution < -0.4 is 10.2 Å². The molecule has 0 aliphatic heterocycles. The second kappa shape index (κ2) is 7.79. The molecule has 0 saturated carbocycles. The van der Waals surface area contributed by atoms with Crippen molar-refractivity contribution in [2.45, 2.75) is 6.54 Å². The van der Waals surface area contributed by atoms with Crippen LogP contribution in [0.3, 0.4) is 0 Å². The van der Waals surface area contributed by atoms with Crippen LogP contribution in [0.4, 0.5) is 16.2 Å². The number of nitrogens with zero attached hydrogens (tertiary/aromatic N) is 1. The summed E-state index contributed by atoms with van der Waals surface area (Å²) in [6, 6.07) is 27.0. The average Bonchev–Trinajstić information content (AvgIpc) is 2.63. The maximum absolute atomic E-state index is 12.9. The maximum Gasteiger partial charge on any atom is 0.326 e. The maximum atomic E-state index is 12.9. The minimum atomic E-state index is -0.169. The number of hydrogen-bond donors (Lipinski definition) is 1. The first-order valence-electron chi connectivity index (χ1n) is 7.66. The molecule has 4 heteroatoms. The Morgan fingerprint density at radius 2 is 1.42 bits per heavy atom. The van der Waals surface area contributed by atoms with E-state index in [4.69, 9.17) is 0 Å². The normalized spacial score (nSPS) is 10.2. The van der Waals surface area contributed by atoms with Crippen LogP contribution in [0.25, 0.3) is 0 Å². The smallest absolute Gasteiger partial charge is 0.306 e. The zero-order valence-electron chi connectivity index (χ0n) is 13.0. The third-order valence-electron chi connectivity index (χ3n) is 3.61. The largest absolute Gasteiger partial charge is 0.326 e. The molecule has 0 atom stereocenters. The van der Waals surface area contributed by atoms with E-state index in [0.717, 1.165) is 21.4 Å². The Hall–Kier alpha value is -2.59. The first-order valence-corrected chi connectivity index (χ1v) is 8.45. The molecule has 24 heavy (non-hydrogen) atoms. The standard InChI is InChI=1S/C20H17BrN2O/c21-18-13-7-8-14-19(18)22-20(24)23(17-11-5-2-6-12-17)15-16-9-3-1-4-10-16/h1-14H,15H2,(H,22,24). The van der Waals surface area contributed by atoms with Gasteiger partial charge in [-0.15, -0.1) is 0 Å². The Kier molecular flexibility index (Phi) is 5.29. The first-order chi connectivity index (χ1) is 11.7. The van der Waals surface area contributed by atoms with Gasteiger partial charge in [0.05, 0.1) is 12.2 Å². The predicted molar refractivity (Wildman–Crippen MR) is 102 cm³/mol. The molecule has 0 saturated heterocycles. The van der Waals surface area contributed by atoms with E-state index in [1.807, 2.05) is 84.9 Å². The molecule has 0 radical (unpaired) electrons. The topological polar surface area (TPSA) is 32.3 Å². The van der Waals surface area contributed by atoms with Gasteiger partial charge in [-0.25, -0.2) is 4.79 Å². The molecule has 120 valence electrons. The predicted octanol–water partition coefficient (Wildman–Crippen LogP) is 5.69. The van der Waals surface area contributed by atoms with E-state index >= 15 is 0 Å². The molecule has 0 spiro atoms. The highest BCUT2D eigenvalue weighted by Gasteiger charge is 2.17. The van der Waals surface area contributed by atoms with Crippen molar-refractivity contribution in [3.63, 3.8) is 0 Å². The fourth-order valence-electron chi connectivity index (χ4n) is 2.40. The quantitative estimate of drug-likeness (QED) is 0.619. The van der Waals surface area contributed by atoms with Gasteiger partial charge in [-0.1, -0.05) is 60.7 Å². The summed E-state index contributed by atoms with van der Waals surface area (Å²) >= 11 is 3.46. The molecule has 0 fully saturated rings. The van der Waals surface area contributed by atoms with Gasteiger partial charge in [0, 0.05) is 10.2 Å². The average molecular weight is 381 g/mol. The van der Waals surface area contributed by atoms with Crippen molar-refractivity contribution < 1.29 is 4.79 Å². The summed E-state index contributed by atoms with van der Waals surface area (Å²) in [5.74, 6) is 0. The summed E-state index contributed by atoms with van der Waals surface area (Å²) in [5.41, 5.74) is 2.67. The first kappa shape index (κ1) is 16.3. The van der Waals surface area contributed by atoms with Gasteiger partial charge in [-0.05, 0) is 45.8 Å². The van der Waals surface area contributed by atoms with Crippen LogP contribution in [-0.4, -0.2) is 6.03 Å². The number of carbonyl (C=O) groups is 1. The lowest BCUT2D eigenvalue weighted by molar-refractivity contribution is 0.256. The zero-order chi connectivity index (χ0) is 16.8. The molecule has 3 nitrogen and oxygen atoms in total. The molecule has 0 heterocycles. The highest BCUT2D eigenvalue weighted by molar-refractivity contribution is 9.10. The second-order valence-electron chi connectivity index (χ2n) is 5.32. The van der Waals surface area contributed by atoms with Gasteiger partial charge in [0.2, 0.25) is 0 Å². The number of anilines is 2. The van der Waals surface area contributed by atoms with Crippen molar-refractivity contribution in [3.05, 3.63) is 95.0 Å². The molecule has 0 aromatic heterocycles. The molecule has 0 unspecified atom stereocenters. The molecule has 3 aromatic rings. The van der Waals surface area contributed by atoms with Crippen LogP contribution in [0.15, 0.2) is 89.4 Å². The number of benzene rings is 3. The van der Waals surface area contributed by atoms with Crippen LogP contribution in [0, 0.1) is 0 Å². The summed E-state index contributed by atoms with van der Waals surface area (Å²) in [4.78, 5) is 14.6. The molecule has 0 bridgehead atoms. The third kappa shape index (κ3) is 4.03. The van der Waals surface area contributed by atoms with Crippen molar-refractivity contribution in [1.82, 2.24) is 0 Å². The molecule has 2 amide bonds. The van der Waals surface area contributed by atoms with Crippen molar-refractivity contribution in [2.75, 3.05) is 10.2 Å². The zero-order valence-corrected chi connectivity index (χ0v) is 14.6. The Labute approximate surface area is 150 Å². The summed E-state index contributed by atoms with van der Waals surface area (Å²) in [6.07, 6.45) is 0. The number of urea groups is 1. The summed E-state index contributed by atoms with van der Waals surface area (Å²) in [7, 11) is 0. The van der Waals surface area contributed by atoms with Gasteiger partial charge in [0.15, 0.2) is 0 Å². The number of hydrogen-bond acceptors (Lipinski definition) is 1. The molecule has 1 N–H and O–H groups in total. The number of halogens is 1. The molecular weight excluding hydrogens is 364 g/mol. The Morgan fingerprint density at radius 1 is 0.833 bits per heavy atom. The Balaban J connectivity index is 1.87. The second-order valence-corrected chi connectivity index (χ2v) is 6.17. The SMILES string of the molecule is O=C(Nc1ccccc1Br)N(Cc1ccccc1)c1ccccc1. The van der Waals surface area contributed by atoms with Gasteiger partial charge >= 0.3 is 6.03 Å². The Bertz CT molecular complexity index is 806. The summed E-state index contributed by atoms with van der Waals surface area (Å²) in [6.45, 7) is 0.501. The van der Waals surface area contributed by atoms with E-state index < -0.39 is 0 Å². The monoisotopic (exact) mass is 380 g/mol. The molecule has 3 aromatic carbocycles. The van der Waals surface area contributed by atoms with Gasteiger partial charge in [0.1, 0.15) is 0 Å². The molecule has 0 aliphatic rings. The highest BCUT2D eigenvalue weighted by Crippen LogP contribution is 2.23. The lowest BCUT2D eigenvalue weighted by Gasteiger charge is -2.23. The molecule has 3 rings (SSSR count). The van der Waals surface area contributed by atoms with E-state index in [0.29, 0.717) is 6.54 Å². The van der Waals surface area contributed by atoms with Gasteiger partial charge in [0.25, 0.3) is 0 Å². The highest BCUT2D eigenvalue weighted by atomic mass is 79.9. The van der Waals surface area contributed by atoms with Crippen molar-refractivity contribution in [2.24, 2.45) is 0 Å². The van der Waals surface area contributed by atoms with Crippen molar-refractivity contribution >= 4 is 33.3 Å². The minimum absolute atomic E-state index is 0.169. The van der Waals surface area contributed by atoms with Crippen LogP contribution >= 0.6 is 15.9 Å². The van der Waals surface area contributed by atoms with E-state index in [1.54, 1.807) is 4.90 Å². The van der Waals surface area contributed by atoms with Gasteiger partial charge < -0.3 is 5.32 Å². The number of nitrogens with one attached hydrogen (secondary N) is 1. The fraction of sp³-hybridized carbons (Fsp3) is 0.0500. The van der Waals surface area contributed by atoms with Crippen molar-refractivity contribution in [3.8, 4) is 0 Å². The van der Waals surface area contributed by atoms with Crippen LogP contribution in [0.2, 0.25) is 0 Å². The van der Waals surface area contributed by atoms with Crippen LogP contribution in [0.5, 0.6) is 0 Å². The van der Waals surface area contributed by atoms with Crippen molar-refractivity contribution in [1.29, 1.82) is 0 Å². The van der Waals surface area contributed by atoms with E-state index in [-0.39, 0.29) is 6.03 Å². The van der Waals surface area contributed by atoms with E-state index in [2.05, 4.69) is 21.2 Å².